The van der Waals surface area contributed by atoms with E-state index in [1.807, 2.05) is 29.2 Å². The van der Waals surface area contributed by atoms with Crippen molar-refractivity contribution >= 4 is 18.0 Å². The molecule has 2 aliphatic rings. The van der Waals surface area contributed by atoms with Crippen LogP contribution in [-0.4, -0.2) is 54.2 Å². The summed E-state index contributed by atoms with van der Waals surface area (Å²) in [7, 11) is 0. The zero-order valence-electron chi connectivity index (χ0n) is 19.4. The number of carbonyl (C=O) groups is 3. The number of alkyl carbamates (subject to hydrolysis) is 1. The molecule has 7 nitrogen and oxygen atoms in total. The van der Waals surface area contributed by atoms with E-state index in [1.54, 1.807) is 0 Å². The van der Waals surface area contributed by atoms with E-state index < -0.39 is 12.1 Å². The van der Waals surface area contributed by atoms with E-state index in [2.05, 4.69) is 29.6 Å². The minimum absolute atomic E-state index is 0.0212. The van der Waals surface area contributed by atoms with Crippen LogP contribution in [0.25, 0.3) is 11.1 Å². The van der Waals surface area contributed by atoms with Crippen LogP contribution in [0.5, 0.6) is 0 Å². The van der Waals surface area contributed by atoms with Gasteiger partial charge in [-0.3, -0.25) is 9.59 Å². The minimum Gasteiger partial charge on any atom is -0.481 e. The molecule has 1 aliphatic heterocycles. The van der Waals surface area contributed by atoms with Crippen LogP contribution in [0.3, 0.4) is 0 Å². The Morgan fingerprint density at radius 1 is 1.00 bits per heavy atom. The molecule has 2 amide bonds. The average Bonchev–Trinajstić information content (AvgIpc) is 3.18. The fraction of sp³-hybridized carbons (Fsp3) is 0.444. The molecule has 1 atom stereocenters. The van der Waals surface area contributed by atoms with Crippen molar-refractivity contribution < 1.29 is 24.2 Å². The Hall–Kier alpha value is -3.35. The van der Waals surface area contributed by atoms with Crippen LogP contribution in [0.4, 0.5) is 4.79 Å². The van der Waals surface area contributed by atoms with Crippen LogP contribution in [0.1, 0.15) is 55.6 Å². The maximum atomic E-state index is 12.5. The second kappa shape index (κ2) is 11.2. The van der Waals surface area contributed by atoms with Crippen molar-refractivity contribution in [2.45, 2.75) is 44.4 Å². The fourth-order valence-electron chi connectivity index (χ4n) is 5.09. The van der Waals surface area contributed by atoms with Crippen molar-refractivity contribution in [3.8, 4) is 11.1 Å². The number of carboxylic acids is 1. The van der Waals surface area contributed by atoms with E-state index in [1.165, 1.54) is 22.3 Å². The summed E-state index contributed by atoms with van der Waals surface area (Å²) in [6.45, 7) is 2.00. The third kappa shape index (κ3) is 5.76. The Kier molecular flexibility index (Phi) is 7.83. The van der Waals surface area contributed by atoms with E-state index in [9.17, 15) is 14.4 Å². The van der Waals surface area contributed by atoms with Crippen molar-refractivity contribution in [1.29, 1.82) is 0 Å². The van der Waals surface area contributed by atoms with Gasteiger partial charge in [-0.25, -0.2) is 4.79 Å². The number of nitrogens with one attached hydrogen (secondary N) is 1. The summed E-state index contributed by atoms with van der Waals surface area (Å²) in [5, 5.41) is 11.6. The number of hydrogen-bond acceptors (Lipinski definition) is 4. The molecular weight excluding hydrogens is 432 g/mol. The predicted molar refractivity (Wildman–Crippen MR) is 128 cm³/mol. The summed E-state index contributed by atoms with van der Waals surface area (Å²) < 4.78 is 5.53. The second-order valence-electron chi connectivity index (χ2n) is 9.14. The van der Waals surface area contributed by atoms with Gasteiger partial charge in [0.1, 0.15) is 6.61 Å². The third-order valence-corrected chi connectivity index (χ3v) is 6.82. The summed E-state index contributed by atoms with van der Waals surface area (Å²) in [6, 6.07) is 16.4. The van der Waals surface area contributed by atoms with E-state index in [0.717, 1.165) is 19.4 Å². The molecule has 0 radical (unpaired) electrons. The summed E-state index contributed by atoms with van der Waals surface area (Å²) in [5.41, 5.74) is 4.72. The van der Waals surface area contributed by atoms with Gasteiger partial charge in [0.2, 0.25) is 5.91 Å². The van der Waals surface area contributed by atoms with Gasteiger partial charge in [0.05, 0.1) is 0 Å². The molecule has 2 aromatic carbocycles. The van der Waals surface area contributed by atoms with E-state index in [-0.39, 0.29) is 30.8 Å². The number of carbonyl (C=O) groups excluding carboxylic acids is 2. The molecule has 34 heavy (non-hydrogen) atoms. The maximum absolute atomic E-state index is 12.5. The second-order valence-corrected chi connectivity index (χ2v) is 9.14. The largest absolute Gasteiger partial charge is 0.481 e. The van der Waals surface area contributed by atoms with Crippen molar-refractivity contribution in [3.05, 3.63) is 59.7 Å². The molecule has 1 aliphatic carbocycles. The van der Waals surface area contributed by atoms with Crippen LogP contribution in [0.2, 0.25) is 0 Å². The molecule has 1 fully saturated rings. The fourth-order valence-corrected chi connectivity index (χ4v) is 5.09. The number of hydrogen-bond donors (Lipinski definition) is 2. The highest BCUT2D eigenvalue weighted by atomic mass is 16.5. The number of benzene rings is 2. The van der Waals surface area contributed by atoms with E-state index in [0.29, 0.717) is 32.4 Å². The lowest BCUT2D eigenvalue weighted by atomic mass is 9.93. The summed E-state index contributed by atoms with van der Waals surface area (Å²) in [6.07, 6.45) is 3.07. The number of rotatable bonds is 9. The number of fused-ring (bicyclic) bond motifs is 3. The molecule has 1 heterocycles. The maximum Gasteiger partial charge on any atom is 0.407 e. The van der Waals surface area contributed by atoms with Gasteiger partial charge in [0.25, 0.3) is 0 Å². The molecule has 1 saturated heterocycles. The Labute approximate surface area is 200 Å². The molecule has 0 bridgehead atoms. The standard InChI is InChI=1S/C27H32N2O5/c30-25(29-16-6-7-19(17-29)13-14-26(31)32)12-5-15-28-27(33)34-18-24-22-10-3-1-8-20(22)21-9-2-4-11-23(21)24/h1-4,8-11,19,24H,5-7,12-18H2,(H,28,33)(H,31,32). The van der Waals surface area contributed by atoms with E-state index in [4.69, 9.17) is 9.84 Å². The Balaban J connectivity index is 1.18. The molecule has 2 N–H and O–H groups in total. The third-order valence-electron chi connectivity index (χ3n) is 6.82. The lowest BCUT2D eigenvalue weighted by Crippen LogP contribution is -2.40. The van der Waals surface area contributed by atoms with Crippen molar-refractivity contribution in [2.24, 2.45) is 5.92 Å². The molecule has 0 spiro atoms. The molecule has 0 aromatic heterocycles. The highest BCUT2D eigenvalue weighted by Gasteiger charge is 2.29. The minimum atomic E-state index is -0.789. The summed E-state index contributed by atoms with van der Waals surface area (Å²) in [5.74, 6) is -0.447. The number of ether oxygens (including phenoxy) is 1. The predicted octanol–water partition coefficient (Wildman–Crippen LogP) is 4.41. The highest BCUT2D eigenvalue weighted by molar-refractivity contribution is 5.79. The molecule has 0 saturated carbocycles. The number of aliphatic carboxylic acids is 1. The van der Waals surface area contributed by atoms with Crippen molar-refractivity contribution in [3.63, 3.8) is 0 Å². The van der Waals surface area contributed by atoms with Crippen LogP contribution >= 0.6 is 0 Å². The number of piperidine rings is 1. The SMILES string of the molecule is O=C(O)CCC1CCCN(C(=O)CCCNC(=O)OCC2c3ccccc3-c3ccccc32)C1. The van der Waals surface area contributed by atoms with Gasteiger partial charge in [-0.15, -0.1) is 0 Å². The first-order valence-corrected chi connectivity index (χ1v) is 12.1. The first kappa shape index (κ1) is 23.8. The van der Waals surface area contributed by atoms with Crippen molar-refractivity contribution in [2.75, 3.05) is 26.2 Å². The van der Waals surface area contributed by atoms with Gasteiger partial charge in [-0.05, 0) is 53.9 Å². The van der Waals surface area contributed by atoms with Gasteiger partial charge in [0, 0.05) is 38.4 Å². The lowest BCUT2D eigenvalue weighted by Gasteiger charge is -2.32. The van der Waals surface area contributed by atoms with E-state index >= 15 is 0 Å². The molecular formula is C27H32N2O5. The number of likely N-dealkylation sites (tertiary alicyclic amines) is 1. The van der Waals surface area contributed by atoms with Gasteiger partial charge in [-0.1, -0.05) is 48.5 Å². The quantitative estimate of drug-likeness (QED) is 0.536. The van der Waals surface area contributed by atoms with Crippen LogP contribution < -0.4 is 5.32 Å². The molecule has 1 unspecified atom stereocenters. The normalized spacial score (nSPS) is 17.1. The molecule has 180 valence electrons. The first-order chi connectivity index (χ1) is 16.5. The average molecular weight is 465 g/mol. The Morgan fingerprint density at radius 2 is 1.68 bits per heavy atom. The summed E-state index contributed by atoms with van der Waals surface area (Å²) >= 11 is 0. The van der Waals surface area contributed by atoms with Crippen LogP contribution in [0.15, 0.2) is 48.5 Å². The Bertz CT molecular complexity index is 992. The van der Waals surface area contributed by atoms with Gasteiger partial charge < -0.3 is 20.1 Å². The lowest BCUT2D eigenvalue weighted by molar-refractivity contribution is -0.137. The van der Waals surface area contributed by atoms with Crippen LogP contribution in [-0.2, 0) is 14.3 Å². The van der Waals surface area contributed by atoms with Gasteiger partial charge in [0.15, 0.2) is 0 Å². The summed E-state index contributed by atoms with van der Waals surface area (Å²) in [4.78, 5) is 37.4. The highest BCUT2D eigenvalue weighted by Crippen LogP contribution is 2.44. The van der Waals surface area contributed by atoms with Crippen LogP contribution in [0, 0.1) is 5.92 Å². The first-order valence-electron chi connectivity index (χ1n) is 12.1. The van der Waals surface area contributed by atoms with Crippen molar-refractivity contribution in [1.82, 2.24) is 10.2 Å². The molecule has 4 rings (SSSR count). The molecule has 2 aromatic rings. The zero-order chi connectivity index (χ0) is 23.9. The smallest absolute Gasteiger partial charge is 0.407 e. The topological polar surface area (TPSA) is 95.9 Å². The molecule has 7 heteroatoms. The monoisotopic (exact) mass is 464 g/mol. The van der Waals surface area contributed by atoms with Gasteiger partial charge >= 0.3 is 12.1 Å². The van der Waals surface area contributed by atoms with Gasteiger partial charge in [-0.2, -0.15) is 0 Å². The zero-order valence-corrected chi connectivity index (χ0v) is 19.4. The number of amides is 2. The Morgan fingerprint density at radius 3 is 2.35 bits per heavy atom. The number of carboxylic acid groups (broad SMARTS) is 1. The number of nitrogens with zero attached hydrogens (tertiary/aromatic N) is 1.